The van der Waals surface area contributed by atoms with Crippen LogP contribution in [-0.2, 0) is 0 Å². The van der Waals surface area contributed by atoms with Crippen LogP contribution in [0.15, 0.2) is 12.3 Å². The first kappa shape index (κ1) is 12.4. The van der Waals surface area contributed by atoms with E-state index < -0.39 is 0 Å². The average Bonchev–Trinajstić information content (AvgIpc) is 2.29. The second-order valence-corrected chi connectivity index (χ2v) is 3.91. The molecule has 0 atom stereocenters. The highest BCUT2D eigenvalue weighted by Crippen LogP contribution is 2.07. The van der Waals surface area contributed by atoms with Crippen LogP contribution in [0, 0.1) is 11.3 Å². The van der Waals surface area contributed by atoms with Gasteiger partial charge in [0, 0.05) is 19.1 Å². The molecular weight excluding hydrogens is 202 g/mol. The minimum Gasteiger partial charge on any atom is -0.366 e. The fourth-order valence-corrected chi connectivity index (χ4v) is 1.16. The van der Waals surface area contributed by atoms with E-state index in [9.17, 15) is 0 Å². The molecule has 0 saturated heterocycles. The SMILES string of the molecule is CC(C)N(C)CCNc1nnccc1C#N. The monoisotopic (exact) mass is 219 g/mol. The van der Waals surface area contributed by atoms with Gasteiger partial charge in [-0.05, 0) is 27.0 Å². The van der Waals surface area contributed by atoms with E-state index in [4.69, 9.17) is 5.26 Å². The Morgan fingerprint density at radius 3 is 2.94 bits per heavy atom. The predicted molar refractivity (Wildman–Crippen MR) is 63.0 cm³/mol. The molecule has 0 aliphatic heterocycles. The number of rotatable bonds is 5. The molecule has 1 N–H and O–H groups in total. The Balaban J connectivity index is 2.46. The molecule has 0 fully saturated rings. The summed E-state index contributed by atoms with van der Waals surface area (Å²) in [5.41, 5.74) is 0.530. The maximum atomic E-state index is 8.85. The highest BCUT2D eigenvalue weighted by atomic mass is 15.2. The van der Waals surface area contributed by atoms with Gasteiger partial charge in [-0.3, -0.25) is 0 Å². The largest absolute Gasteiger partial charge is 0.366 e. The van der Waals surface area contributed by atoms with E-state index >= 15 is 0 Å². The summed E-state index contributed by atoms with van der Waals surface area (Å²) < 4.78 is 0. The summed E-state index contributed by atoms with van der Waals surface area (Å²) in [4.78, 5) is 2.22. The van der Waals surface area contributed by atoms with Crippen molar-refractivity contribution >= 4 is 5.82 Å². The molecule has 1 rings (SSSR count). The molecule has 0 amide bonds. The summed E-state index contributed by atoms with van der Waals surface area (Å²) in [5.74, 6) is 0.558. The van der Waals surface area contributed by atoms with Crippen LogP contribution in [0.3, 0.4) is 0 Å². The van der Waals surface area contributed by atoms with Gasteiger partial charge in [-0.1, -0.05) is 0 Å². The van der Waals surface area contributed by atoms with Crippen molar-refractivity contribution in [1.29, 1.82) is 5.26 Å². The van der Waals surface area contributed by atoms with Crippen LogP contribution in [0.2, 0.25) is 0 Å². The maximum absolute atomic E-state index is 8.85. The molecular formula is C11H17N5. The van der Waals surface area contributed by atoms with Crippen LogP contribution in [0.4, 0.5) is 5.82 Å². The van der Waals surface area contributed by atoms with E-state index in [1.807, 2.05) is 0 Å². The number of hydrogen-bond donors (Lipinski definition) is 1. The van der Waals surface area contributed by atoms with Crippen molar-refractivity contribution in [1.82, 2.24) is 15.1 Å². The Hall–Kier alpha value is -1.67. The molecule has 0 spiro atoms. The molecule has 16 heavy (non-hydrogen) atoms. The van der Waals surface area contributed by atoms with Crippen LogP contribution >= 0.6 is 0 Å². The molecule has 0 aliphatic rings. The minimum atomic E-state index is 0.513. The third-order valence-electron chi connectivity index (χ3n) is 2.48. The molecule has 0 bridgehead atoms. The van der Waals surface area contributed by atoms with Crippen LogP contribution in [-0.4, -0.2) is 41.3 Å². The molecule has 5 heteroatoms. The summed E-state index contributed by atoms with van der Waals surface area (Å²) in [7, 11) is 2.06. The average molecular weight is 219 g/mol. The lowest BCUT2D eigenvalue weighted by Crippen LogP contribution is -2.31. The highest BCUT2D eigenvalue weighted by molar-refractivity contribution is 5.49. The molecule has 1 heterocycles. The number of hydrogen-bond acceptors (Lipinski definition) is 5. The zero-order chi connectivity index (χ0) is 12.0. The Bertz CT molecular complexity index is 369. The fourth-order valence-electron chi connectivity index (χ4n) is 1.16. The highest BCUT2D eigenvalue weighted by Gasteiger charge is 2.05. The maximum Gasteiger partial charge on any atom is 0.166 e. The van der Waals surface area contributed by atoms with Crippen LogP contribution in [0.1, 0.15) is 19.4 Å². The molecule has 86 valence electrons. The molecule has 0 unspecified atom stereocenters. The Kier molecular flexibility index (Phi) is 4.67. The van der Waals surface area contributed by atoms with E-state index in [2.05, 4.69) is 47.4 Å². The van der Waals surface area contributed by atoms with E-state index in [1.54, 1.807) is 6.07 Å². The summed E-state index contributed by atoms with van der Waals surface area (Å²) in [6, 6.07) is 4.25. The predicted octanol–water partition coefficient (Wildman–Crippen LogP) is 1.10. The molecule has 0 aliphatic carbocycles. The quantitative estimate of drug-likeness (QED) is 0.803. The Labute approximate surface area is 96.1 Å². The number of nitrogens with zero attached hydrogens (tertiary/aromatic N) is 4. The second-order valence-electron chi connectivity index (χ2n) is 3.91. The van der Waals surface area contributed by atoms with Gasteiger partial charge in [0.25, 0.3) is 0 Å². The number of nitrogens with one attached hydrogen (secondary N) is 1. The number of nitriles is 1. The summed E-state index contributed by atoms with van der Waals surface area (Å²) >= 11 is 0. The lowest BCUT2D eigenvalue weighted by Gasteiger charge is -2.21. The number of anilines is 1. The summed E-state index contributed by atoms with van der Waals surface area (Å²) in [5, 5.41) is 19.6. The van der Waals surface area contributed by atoms with E-state index in [-0.39, 0.29) is 0 Å². The summed E-state index contributed by atoms with van der Waals surface area (Å²) in [6.07, 6.45) is 1.52. The van der Waals surface area contributed by atoms with Crippen molar-refractivity contribution in [3.05, 3.63) is 17.8 Å². The van der Waals surface area contributed by atoms with Crippen molar-refractivity contribution in [3.8, 4) is 6.07 Å². The molecule has 1 aromatic rings. The third-order valence-corrected chi connectivity index (χ3v) is 2.48. The van der Waals surface area contributed by atoms with Gasteiger partial charge >= 0.3 is 0 Å². The van der Waals surface area contributed by atoms with E-state index in [0.717, 1.165) is 13.1 Å². The topological polar surface area (TPSA) is 64.8 Å². The van der Waals surface area contributed by atoms with Gasteiger partial charge in [0.15, 0.2) is 5.82 Å². The van der Waals surface area contributed by atoms with E-state index in [1.165, 1.54) is 6.20 Å². The Morgan fingerprint density at radius 1 is 1.56 bits per heavy atom. The number of aromatic nitrogens is 2. The van der Waals surface area contributed by atoms with Crippen molar-refractivity contribution in [2.45, 2.75) is 19.9 Å². The smallest absolute Gasteiger partial charge is 0.166 e. The second kappa shape index (κ2) is 6.03. The number of likely N-dealkylation sites (N-methyl/N-ethyl adjacent to an activating group) is 1. The zero-order valence-electron chi connectivity index (χ0n) is 9.94. The summed E-state index contributed by atoms with van der Waals surface area (Å²) in [6.45, 7) is 5.94. The standard InChI is InChI=1S/C11H17N5/c1-9(2)16(3)7-6-13-11-10(8-12)4-5-14-15-11/h4-5,9H,6-7H2,1-3H3,(H,13,15). The lowest BCUT2D eigenvalue weighted by atomic mass is 10.3. The molecule has 0 radical (unpaired) electrons. The van der Waals surface area contributed by atoms with Crippen molar-refractivity contribution in [2.24, 2.45) is 0 Å². The van der Waals surface area contributed by atoms with Crippen molar-refractivity contribution < 1.29 is 0 Å². The molecule has 0 saturated carbocycles. The molecule has 5 nitrogen and oxygen atoms in total. The van der Waals surface area contributed by atoms with Gasteiger partial charge in [-0.15, -0.1) is 5.10 Å². The van der Waals surface area contributed by atoms with Gasteiger partial charge in [0.2, 0.25) is 0 Å². The lowest BCUT2D eigenvalue weighted by molar-refractivity contribution is 0.284. The third kappa shape index (κ3) is 3.48. The van der Waals surface area contributed by atoms with Gasteiger partial charge < -0.3 is 10.2 Å². The van der Waals surface area contributed by atoms with Gasteiger partial charge in [0.05, 0.1) is 11.8 Å². The van der Waals surface area contributed by atoms with Gasteiger partial charge in [-0.2, -0.15) is 10.4 Å². The first-order valence-corrected chi connectivity index (χ1v) is 5.31. The first-order valence-electron chi connectivity index (χ1n) is 5.31. The first-order chi connectivity index (χ1) is 7.65. The van der Waals surface area contributed by atoms with Gasteiger partial charge in [-0.25, -0.2) is 0 Å². The van der Waals surface area contributed by atoms with Crippen LogP contribution in [0.25, 0.3) is 0 Å². The van der Waals surface area contributed by atoms with E-state index in [0.29, 0.717) is 17.4 Å². The normalized spacial score (nSPS) is 10.5. The molecule has 0 aromatic carbocycles. The molecule has 1 aromatic heterocycles. The minimum absolute atomic E-state index is 0.513. The fraction of sp³-hybridized carbons (Fsp3) is 0.545. The van der Waals surface area contributed by atoms with Crippen molar-refractivity contribution in [2.75, 3.05) is 25.5 Å². The Morgan fingerprint density at radius 2 is 2.31 bits per heavy atom. The van der Waals surface area contributed by atoms with Gasteiger partial charge in [0.1, 0.15) is 6.07 Å². The van der Waals surface area contributed by atoms with Crippen LogP contribution < -0.4 is 5.32 Å². The van der Waals surface area contributed by atoms with Crippen LogP contribution in [0.5, 0.6) is 0 Å². The van der Waals surface area contributed by atoms with Crippen molar-refractivity contribution in [3.63, 3.8) is 0 Å². The zero-order valence-corrected chi connectivity index (χ0v) is 9.94.